The summed E-state index contributed by atoms with van der Waals surface area (Å²) >= 11 is 0. The number of aromatic nitrogens is 2. The first kappa shape index (κ1) is 18.1. The SMILES string of the molecule is CC(C)(O)c1cc2cc(C(O)CC3c4ccccc4-c4cncn43)c(F)cc2o1. The van der Waals surface area contributed by atoms with Crippen molar-refractivity contribution >= 4 is 11.0 Å². The summed E-state index contributed by atoms with van der Waals surface area (Å²) in [7, 11) is 0. The van der Waals surface area contributed by atoms with Crippen LogP contribution >= 0.6 is 0 Å². The van der Waals surface area contributed by atoms with Crippen LogP contribution in [0.5, 0.6) is 0 Å². The topological polar surface area (TPSA) is 71.4 Å². The zero-order chi connectivity index (χ0) is 20.3. The number of hydrogen-bond acceptors (Lipinski definition) is 4. The minimum atomic E-state index is -1.17. The molecule has 2 N–H and O–H groups in total. The van der Waals surface area contributed by atoms with Crippen LogP contribution in [0, 0.1) is 5.82 Å². The van der Waals surface area contributed by atoms with E-state index in [1.807, 2.05) is 35.0 Å². The molecule has 29 heavy (non-hydrogen) atoms. The number of imidazole rings is 1. The maximum atomic E-state index is 14.8. The molecule has 3 heterocycles. The van der Waals surface area contributed by atoms with Gasteiger partial charge in [-0.25, -0.2) is 9.37 Å². The monoisotopic (exact) mass is 392 g/mol. The Kier molecular flexibility index (Phi) is 3.91. The molecule has 0 saturated heterocycles. The van der Waals surface area contributed by atoms with Crippen molar-refractivity contribution in [2.45, 2.75) is 38.0 Å². The molecule has 1 aliphatic heterocycles. The van der Waals surface area contributed by atoms with E-state index >= 15 is 0 Å². The highest BCUT2D eigenvalue weighted by molar-refractivity contribution is 5.79. The van der Waals surface area contributed by atoms with Gasteiger partial charge in [0.15, 0.2) is 0 Å². The molecule has 0 spiro atoms. The summed E-state index contributed by atoms with van der Waals surface area (Å²) in [5.41, 5.74) is 2.57. The van der Waals surface area contributed by atoms with Gasteiger partial charge in [-0.15, -0.1) is 0 Å². The number of aliphatic hydroxyl groups is 2. The van der Waals surface area contributed by atoms with Crippen molar-refractivity contribution in [3.8, 4) is 11.3 Å². The van der Waals surface area contributed by atoms with E-state index in [4.69, 9.17) is 4.42 Å². The predicted molar refractivity (Wildman–Crippen MR) is 107 cm³/mol. The number of benzene rings is 2. The van der Waals surface area contributed by atoms with Crippen molar-refractivity contribution in [1.82, 2.24) is 9.55 Å². The van der Waals surface area contributed by atoms with Crippen LogP contribution in [0.2, 0.25) is 0 Å². The van der Waals surface area contributed by atoms with Gasteiger partial charge < -0.3 is 19.2 Å². The normalized spacial score (nSPS) is 16.8. The molecule has 0 aliphatic carbocycles. The Hall–Kier alpha value is -2.96. The van der Waals surface area contributed by atoms with Gasteiger partial charge in [-0.2, -0.15) is 0 Å². The number of furan rings is 1. The van der Waals surface area contributed by atoms with Gasteiger partial charge in [0, 0.05) is 29.0 Å². The van der Waals surface area contributed by atoms with Gasteiger partial charge in [-0.3, -0.25) is 0 Å². The third-order valence-corrected chi connectivity index (χ3v) is 5.64. The third kappa shape index (κ3) is 2.87. The van der Waals surface area contributed by atoms with Crippen LogP contribution < -0.4 is 0 Å². The average molecular weight is 392 g/mol. The quantitative estimate of drug-likeness (QED) is 0.529. The lowest BCUT2D eigenvalue weighted by molar-refractivity contribution is 0.0559. The first-order valence-electron chi connectivity index (χ1n) is 9.58. The zero-order valence-corrected chi connectivity index (χ0v) is 16.1. The maximum Gasteiger partial charge on any atom is 0.137 e. The van der Waals surface area contributed by atoms with Crippen LogP contribution in [0.4, 0.5) is 4.39 Å². The van der Waals surface area contributed by atoms with Gasteiger partial charge in [-0.05, 0) is 31.5 Å². The molecule has 2 unspecified atom stereocenters. The molecule has 5 nitrogen and oxygen atoms in total. The first-order chi connectivity index (χ1) is 13.8. The number of fused-ring (bicyclic) bond motifs is 4. The van der Waals surface area contributed by atoms with Gasteiger partial charge in [0.05, 0.1) is 30.4 Å². The minimum Gasteiger partial charge on any atom is -0.458 e. The zero-order valence-electron chi connectivity index (χ0n) is 16.1. The van der Waals surface area contributed by atoms with Crippen molar-refractivity contribution in [1.29, 1.82) is 0 Å². The molecule has 0 radical (unpaired) electrons. The van der Waals surface area contributed by atoms with E-state index in [1.165, 1.54) is 6.07 Å². The molecule has 148 valence electrons. The van der Waals surface area contributed by atoms with Gasteiger partial charge in [0.1, 0.15) is 22.8 Å². The second kappa shape index (κ2) is 6.27. The third-order valence-electron chi connectivity index (χ3n) is 5.64. The molecule has 0 bridgehead atoms. The number of aliphatic hydroxyl groups excluding tert-OH is 1. The average Bonchev–Trinajstić information content (AvgIpc) is 3.36. The van der Waals surface area contributed by atoms with Crippen LogP contribution in [-0.4, -0.2) is 19.8 Å². The molecule has 2 aromatic carbocycles. The summed E-state index contributed by atoms with van der Waals surface area (Å²) in [4.78, 5) is 4.23. The van der Waals surface area contributed by atoms with Gasteiger partial charge in [0.25, 0.3) is 0 Å². The van der Waals surface area contributed by atoms with E-state index in [0.29, 0.717) is 23.2 Å². The Bertz CT molecular complexity index is 1220. The molecule has 2 aromatic heterocycles. The fourth-order valence-electron chi connectivity index (χ4n) is 4.15. The second-order valence-corrected chi connectivity index (χ2v) is 8.12. The lowest BCUT2D eigenvalue weighted by atomic mass is 9.95. The standard InChI is InChI=1S/C23H21FN2O3/c1-23(2,28)22-8-13-7-16(17(24)9-21(13)29-22)20(27)10-18-14-5-3-4-6-15(14)19-11-25-12-26(18)19/h3-9,11-12,18,20,27-28H,10H2,1-2H3. The number of rotatable bonds is 4. The lowest BCUT2D eigenvalue weighted by Gasteiger charge is -2.19. The summed E-state index contributed by atoms with van der Waals surface area (Å²) in [6, 6.07) is 12.4. The van der Waals surface area contributed by atoms with Crippen LogP contribution in [-0.2, 0) is 5.60 Å². The predicted octanol–water partition coefficient (Wildman–Crippen LogP) is 4.69. The van der Waals surface area contributed by atoms with Crippen LogP contribution in [0.25, 0.3) is 22.2 Å². The summed E-state index contributed by atoms with van der Waals surface area (Å²) < 4.78 is 22.4. The molecule has 4 aromatic rings. The summed E-state index contributed by atoms with van der Waals surface area (Å²) in [5.74, 6) is -0.176. The fourth-order valence-corrected chi connectivity index (χ4v) is 4.15. The molecular formula is C23H21FN2O3. The largest absolute Gasteiger partial charge is 0.458 e. The van der Waals surface area contributed by atoms with Gasteiger partial charge in [-0.1, -0.05) is 24.3 Å². The van der Waals surface area contributed by atoms with Crippen molar-refractivity contribution in [3.63, 3.8) is 0 Å². The highest BCUT2D eigenvalue weighted by atomic mass is 19.1. The van der Waals surface area contributed by atoms with E-state index < -0.39 is 17.5 Å². The molecular weight excluding hydrogens is 371 g/mol. The highest BCUT2D eigenvalue weighted by Crippen LogP contribution is 2.43. The fraction of sp³-hybridized carbons (Fsp3) is 0.261. The Morgan fingerprint density at radius 1 is 1.24 bits per heavy atom. The number of halogens is 1. The van der Waals surface area contributed by atoms with E-state index in [1.54, 1.807) is 32.3 Å². The van der Waals surface area contributed by atoms with E-state index in [9.17, 15) is 14.6 Å². The van der Waals surface area contributed by atoms with Gasteiger partial charge >= 0.3 is 0 Å². The molecule has 0 fully saturated rings. The number of hydrogen-bond donors (Lipinski definition) is 2. The van der Waals surface area contributed by atoms with Crippen LogP contribution in [0.15, 0.2) is 59.4 Å². The Balaban J connectivity index is 1.51. The highest BCUT2D eigenvalue weighted by Gasteiger charge is 2.31. The molecule has 2 atom stereocenters. The molecule has 1 aliphatic rings. The van der Waals surface area contributed by atoms with Crippen molar-refractivity contribution in [2.75, 3.05) is 0 Å². The van der Waals surface area contributed by atoms with E-state index in [-0.39, 0.29) is 11.6 Å². The molecule has 6 heteroatoms. The molecule has 0 amide bonds. The van der Waals surface area contributed by atoms with Crippen molar-refractivity contribution in [3.05, 3.63) is 77.7 Å². The smallest absolute Gasteiger partial charge is 0.137 e. The van der Waals surface area contributed by atoms with Crippen LogP contribution in [0.1, 0.15) is 49.3 Å². The van der Waals surface area contributed by atoms with E-state index in [2.05, 4.69) is 4.98 Å². The van der Waals surface area contributed by atoms with Crippen molar-refractivity contribution in [2.24, 2.45) is 0 Å². The summed E-state index contributed by atoms with van der Waals surface area (Å²) in [6.07, 6.45) is 2.87. The Morgan fingerprint density at radius 3 is 2.83 bits per heavy atom. The first-order valence-corrected chi connectivity index (χ1v) is 9.58. The Labute approximate surface area is 167 Å². The second-order valence-electron chi connectivity index (χ2n) is 8.12. The maximum absolute atomic E-state index is 14.8. The number of nitrogens with zero attached hydrogens (tertiary/aromatic N) is 2. The van der Waals surface area contributed by atoms with Crippen LogP contribution in [0.3, 0.4) is 0 Å². The minimum absolute atomic E-state index is 0.120. The Morgan fingerprint density at radius 2 is 2.03 bits per heavy atom. The molecule has 0 saturated carbocycles. The lowest BCUT2D eigenvalue weighted by Crippen LogP contribution is -2.13. The summed E-state index contributed by atoms with van der Waals surface area (Å²) in [6.45, 7) is 3.22. The van der Waals surface area contributed by atoms with E-state index in [0.717, 1.165) is 16.8 Å². The molecule has 5 rings (SSSR count). The summed E-state index contributed by atoms with van der Waals surface area (Å²) in [5, 5.41) is 21.7. The van der Waals surface area contributed by atoms with Crippen molar-refractivity contribution < 1.29 is 19.0 Å². The van der Waals surface area contributed by atoms with Gasteiger partial charge in [0.2, 0.25) is 0 Å².